The molecular weight excluding hydrogens is 404 g/mol. The van der Waals surface area contributed by atoms with Crippen molar-refractivity contribution < 1.29 is 9.53 Å². The van der Waals surface area contributed by atoms with Gasteiger partial charge in [0.1, 0.15) is 16.3 Å². The summed E-state index contributed by atoms with van der Waals surface area (Å²) < 4.78 is 5.09. The number of hydrogen-bond donors (Lipinski definition) is 0. The number of nitriles is 1. The number of ether oxygens (including phenoxy) is 1. The lowest BCUT2D eigenvalue weighted by molar-refractivity contribution is -0.140. The Morgan fingerprint density at radius 3 is 2.68 bits per heavy atom. The van der Waals surface area contributed by atoms with Gasteiger partial charge in [0.15, 0.2) is 0 Å². The van der Waals surface area contributed by atoms with Gasteiger partial charge in [-0.3, -0.25) is 4.79 Å². The van der Waals surface area contributed by atoms with Crippen LogP contribution >= 0.6 is 11.8 Å². The minimum absolute atomic E-state index is 0.346. The molecule has 0 amide bonds. The Labute approximate surface area is 189 Å². The van der Waals surface area contributed by atoms with Crippen LogP contribution in [0.1, 0.15) is 66.3 Å². The number of fused-ring (bicyclic) bond motifs is 1. The Kier molecular flexibility index (Phi) is 8.08. The van der Waals surface area contributed by atoms with Gasteiger partial charge in [-0.25, -0.2) is 4.98 Å². The summed E-state index contributed by atoms with van der Waals surface area (Å²) in [5.74, 6) is -0.346. The number of carbonyl (C=O) groups excluding carboxylic acids is 1. The molecule has 3 rings (SSSR count). The zero-order valence-corrected chi connectivity index (χ0v) is 19.2. The monoisotopic (exact) mass is 432 g/mol. The van der Waals surface area contributed by atoms with E-state index in [2.05, 4.69) is 19.1 Å². The Hall–Kier alpha value is -2.84. The fourth-order valence-corrected chi connectivity index (χ4v) is 5.09. The first-order valence-electron chi connectivity index (χ1n) is 10.7. The molecule has 4 nitrogen and oxygen atoms in total. The third kappa shape index (κ3) is 5.08. The summed E-state index contributed by atoms with van der Waals surface area (Å²) in [4.78, 5) is 17.6. The van der Waals surface area contributed by atoms with E-state index in [1.54, 1.807) is 0 Å². The van der Waals surface area contributed by atoms with E-state index in [1.807, 2.05) is 49.4 Å². The largest absolute Gasteiger partial charge is 0.468 e. The highest BCUT2D eigenvalue weighted by Crippen LogP contribution is 2.42. The second kappa shape index (κ2) is 11.0. The highest BCUT2D eigenvalue weighted by molar-refractivity contribution is 8.00. The van der Waals surface area contributed by atoms with E-state index in [0.717, 1.165) is 54.5 Å². The number of hydrogen-bond acceptors (Lipinski definition) is 5. The molecule has 5 heteroatoms. The molecule has 0 N–H and O–H groups in total. The SMILES string of the molecule is C/C=C\C=C(/CC)c1c(C#N)c(SC(C(=O)OC)c2ccccc2)nc2c1CCCC2. The van der Waals surface area contributed by atoms with Gasteiger partial charge in [-0.2, -0.15) is 5.26 Å². The minimum Gasteiger partial charge on any atom is -0.468 e. The molecule has 31 heavy (non-hydrogen) atoms. The summed E-state index contributed by atoms with van der Waals surface area (Å²) in [6, 6.07) is 11.9. The smallest absolute Gasteiger partial charge is 0.323 e. The van der Waals surface area contributed by atoms with Crippen molar-refractivity contribution in [2.24, 2.45) is 0 Å². The van der Waals surface area contributed by atoms with Crippen molar-refractivity contribution in [3.63, 3.8) is 0 Å². The number of pyridine rings is 1. The van der Waals surface area contributed by atoms with Crippen molar-refractivity contribution >= 4 is 23.3 Å². The van der Waals surface area contributed by atoms with E-state index in [0.29, 0.717) is 10.6 Å². The first kappa shape index (κ1) is 22.8. The molecular formula is C26H28N2O2S. The van der Waals surface area contributed by atoms with Crippen molar-refractivity contribution in [1.82, 2.24) is 4.98 Å². The fraction of sp³-hybridized carbons (Fsp3) is 0.346. The molecule has 1 aliphatic carbocycles. The highest BCUT2D eigenvalue weighted by atomic mass is 32.2. The molecule has 1 unspecified atom stereocenters. The lowest BCUT2D eigenvalue weighted by atomic mass is 9.86. The highest BCUT2D eigenvalue weighted by Gasteiger charge is 2.29. The summed E-state index contributed by atoms with van der Waals surface area (Å²) in [6.07, 6.45) is 11.0. The number of aryl methyl sites for hydroxylation is 1. The summed E-state index contributed by atoms with van der Waals surface area (Å²) >= 11 is 1.31. The number of carbonyl (C=O) groups is 1. The number of thioether (sulfide) groups is 1. The Balaban J connectivity index is 2.19. The summed E-state index contributed by atoms with van der Waals surface area (Å²) in [7, 11) is 1.39. The van der Waals surface area contributed by atoms with Crippen molar-refractivity contribution in [3.8, 4) is 6.07 Å². The Morgan fingerprint density at radius 2 is 2.03 bits per heavy atom. The number of esters is 1. The molecule has 0 saturated carbocycles. The topological polar surface area (TPSA) is 63.0 Å². The number of benzene rings is 1. The first-order valence-corrected chi connectivity index (χ1v) is 11.6. The predicted octanol–water partition coefficient (Wildman–Crippen LogP) is 6.21. The van der Waals surface area contributed by atoms with Crippen LogP contribution in [0.4, 0.5) is 0 Å². The first-order chi connectivity index (χ1) is 15.1. The van der Waals surface area contributed by atoms with E-state index in [4.69, 9.17) is 9.72 Å². The van der Waals surface area contributed by atoms with E-state index in [1.165, 1.54) is 24.4 Å². The molecule has 0 saturated heterocycles. The van der Waals surface area contributed by atoms with Gasteiger partial charge in [-0.05, 0) is 55.7 Å². The molecule has 160 valence electrons. The maximum Gasteiger partial charge on any atom is 0.323 e. The zero-order chi connectivity index (χ0) is 22.2. The fourth-order valence-electron chi connectivity index (χ4n) is 3.95. The molecule has 1 aromatic heterocycles. The van der Waals surface area contributed by atoms with Gasteiger partial charge in [-0.15, -0.1) is 0 Å². The summed E-state index contributed by atoms with van der Waals surface area (Å²) in [5.41, 5.74) is 5.79. The van der Waals surface area contributed by atoms with Crippen molar-refractivity contribution in [1.29, 1.82) is 5.26 Å². The number of nitrogens with zero attached hydrogens (tertiary/aromatic N) is 2. The van der Waals surface area contributed by atoms with Crippen molar-refractivity contribution in [3.05, 3.63) is 76.5 Å². The number of methoxy groups -OCH3 is 1. The van der Waals surface area contributed by atoms with Crippen molar-refractivity contribution in [2.45, 2.75) is 56.2 Å². The van der Waals surface area contributed by atoms with Gasteiger partial charge >= 0.3 is 5.97 Å². The molecule has 1 heterocycles. The maximum atomic E-state index is 12.6. The number of allylic oxidation sites excluding steroid dienone is 4. The predicted molar refractivity (Wildman–Crippen MR) is 126 cm³/mol. The molecule has 1 aliphatic rings. The van der Waals surface area contributed by atoms with Crippen LogP contribution in [0.15, 0.2) is 53.6 Å². The molecule has 0 bridgehead atoms. The molecule has 0 radical (unpaired) electrons. The van der Waals surface area contributed by atoms with E-state index >= 15 is 0 Å². The molecule has 0 aliphatic heterocycles. The van der Waals surface area contributed by atoms with Gasteiger partial charge in [0, 0.05) is 11.3 Å². The standard InChI is InChI=1S/C26H28N2O2S/c1-4-6-12-18(5-2)23-20-15-10-11-16-22(20)28-25(21(23)17-27)31-24(26(29)30-3)19-13-8-7-9-14-19/h4,6-9,12-14,24H,5,10-11,15-16H2,1-3H3/b6-4-,18-12+. The molecule has 0 fully saturated rings. The van der Waals surface area contributed by atoms with E-state index in [-0.39, 0.29) is 5.97 Å². The quantitative estimate of drug-likeness (QED) is 0.296. The van der Waals surface area contributed by atoms with Crippen LogP contribution in [-0.4, -0.2) is 18.1 Å². The molecule has 2 aromatic rings. The van der Waals surface area contributed by atoms with Gasteiger partial charge in [-0.1, -0.05) is 67.2 Å². The molecule has 1 atom stereocenters. The minimum atomic E-state index is -0.579. The average Bonchev–Trinajstić information content (AvgIpc) is 2.82. The van der Waals surface area contributed by atoms with Crippen LogP contribution in [0, 0.1) is 11.3 Å². The summed E-state index contributed by atoms with van der Waals surface area (Å²) in [5, 5.41) is 10.2. The normalized spacial score (nSPS) is 14.7. The van der Waals surface area contributed by atoms with Gasteiger partial charge in [0.05, 0.1) is 12.7 Å². The second-order valence-electron chi connectivity index (χ2n) is 7.41. The van der Waals surface area contributed by atoms with Crippen LogP contribution in [-0.2, 0) is 22.4 Å². The van der Waals surface area contributed by atoms with Crippen LogP contribution in [0.5, 0.6) is 0 Å². The van der Waals surface area contributed by atoms with Crippen LogP contribution in [0.25, 0.3) is 5.57 Å². The third-order valence-corrected chi connectivity index (χ3v) is 6.71. The van der Waals surface area contributed by atoms with Gasteiger partial charge in [0.2, 0.25) is 0 Å². The lowest BCUT2D eigenvalue weighted by Crippen LogP contribution is -2.15. The van der Waals surface area contributed by atoms with Crippen molar-refractivity contribution in [2.75, 3.05) is 7.11 Å². The second-order valence-corrected chi connectivity index (χ2v) is 8.51. The average molecular weight is 433 g/mol. The van der Waals surface area contributed by atoms with Crippen LogP contribution < -0.4 is 0 Å². The van der Waals surface area contributed by atoms with E-state index in [9.17, 15) is 10.1 Å². The molecule has 1 aromatic carbocycles. The van der Waals surface area contributed by atoms with E-state index < -0.39 is 5.25 Å². The number of rotatable bonds is 7. The Morgan fingerprint density at radius 1 is 1.29 bits per heavy atom. The van der Waals surface area contributed by atoms with Gasteiger partial charge < -0.3 is 4.74 Å². The summed E-state index contributed by atoms with van der Waals surface area (Å²) in [6.45, 7) is 4.10. The third-order valence-electron chi connectivity index (χ3n) is 5.49. The molecule has 0 spiro atoms. The maximum absolute atomic E-state index is 12.6. The Bertz CT molecular complexity index is 1040. The van der Waals surface area contributed by atoms with Gasteiger partial charge in [0.25, 0.3) is 0 Å². The van der Waals surface area contributed by atoms with Crippen LogP contribution in [0.2, 0.25) is 0 Å². The number of aromatic nitrogens is 1. The zero-order valence-electron chi connectivity index (χ0n) is 18.4. The lowest BCUT2D eigenvalue weighted by Gasteiger charge is -2.24. The van der Waals surface area contributed by atoms with Crippen LogP contribution in [0.3, 0.4) is 0 Å².